The van der Waals surface area contributed by atoms with Gasteiger partial charge in [0.1, 0.15) is 6.26 Å². The van der Waals surface area contributed by atoms with Gasteiger partial charge in [0.2, 0.25) is 5.89 Å². The van der Waals surface area contributed by atoms with Crippen LogP contribution in [0.15, 0.2) is 34.9 Å². The first-order valence-electron chi connectivity index (χ1n) is 5.34. The van der Waals surface area contributed by atoms with Crippen LogP contribution in [0.3, 0.4) is 0 Å². The average molecular weight is 217 g/mol. The van der Waals surface area contributed by atoms with E-state index in [4.69, 9.17) is 4.42 Å². The maximum absolute atomic E-state index is 9.26. The van der Waals surface area contributed by atoms with E-state index in [-0.39, 0.29) is 6.10 Å². The summed E-state index contributed by atoms with van der Waals surface area (Å²) in [5.74, 6) is 0.640. The van der Waals surface area contributed by atoms with Crippen molar-refractivity contribution in [2.45, 2.75) is 26.4 Å². The zero-order valence-electron chi connectivity index (χ0n) is 9.47. The summed E-state index contributed by atoms with van der Waals surface area (Å²) < 4.78 is 5.31. The van der Waals surface area contributed by atoms with Gasteiger partial charge in [-0.2, -0.15) is 0 Å². The van der Waals surface area contributed by atoms with Crippen LogP contribution in [0.25, 0.3) is 11.5 Å². The zero-order valence-corrected chi connectivity index (χ0v) is 9.47. The molecule has 0 aliphatic carbocycles. The van der Waals surface area contributed by atoms with Gasteiger partial charge in [0.15, 0.2) is 0 Å². The first kappa shape index (κ1) is 10.9. The molecule has 0 spiro atoms. The molecule has 2 rings (SSSR count). The maximum Gasteiger partial charge on any atom is 0.226 e. The van der Waals surface area contributed by atoms with Crippen molar-refractivity contribution in [3.63, 3.8) is 0 Å². The summed E-state index contributed by atoms with van der Waals surface area (Å²) in [6, 6.07) is 7.90. The summed E-state index contributed by atoms with van der Waals surface area (Å²) in [7, 11) is 0. The number of aliphatic hydroxyl groups excluding tert-OH is 1. The van der Waals surface area contributed by atoms with Crippen LogP contribution in [-0.2, 0) is 6.42 Å². The lowest BCUT2D eigenvalue weighted by Gasteiger charge is -2.04. The predicted octanol–water partition coefficient (Wildman–Crippen LogP) is 2.57. The highest BCUT2D eigenvalue weighted by Crippen LogP contribution is 2.19. The van der Waals surface area contributed by atoms with E-state index in [9.17, 15) is 5.11 Å². The van der Waals surface area contributed by atoms with Crippen molar-refractivity contribution in [3.05, 3.63) is 41.8 Å². The molecule has 0 bridgehead atoms. The van der Waals surface area contributed by atoms with Gasteiger partial charge >= 0.3 is 0 Å². The van der Waals surface area contributed by atoms with Crippen LogP contribution < -0.4 is 0 Å². The van der Waals surface area contributed by atoms with Gasteiger partial charge in [-0.1, -0.05) is 12.1 Å². The standard InChI is InChI=1S/C13H15NO2/c1-9-8-16-13(14-9)12-5-3-11(4-6-12)7-10(2)15/h3-6,8,10,15H,7H2,1-2H3. The van der Waals surface area contributed by atoms with Crippen molar-refractivity contribution in [3.8, 4) is 11.5 Å². The second kappa shape index (κ2) is 4.49. The number of oxazole rings is 1. The average Bonchev–Trinajstić information content (AvgIpc) is 2.65. The number of aromatic nitrogens is 1. The van der Waals surface area contributed by atoms with Gasteiger partial charge < -0.3 is 9.52 Å². The molecule has 0 radical (unpaired) electrons. The molecule has 0 amide bonds. The molecule has 3 heteroatoms. The summed E-state index contributed by atoms with van der Waals surface area (Å²) >= 11 is 0. The fraction of sp³-hybridized carbons (Fsp3) is 0.308. The van der Waals surface area contributed by atoms with E-state index < -0.39 is 0 Å². The van der Waals surface area contributed by atoms with Crippen LogP contribution in [0, 0.1) is 6.92 Å². The summed E-state index contributed by atoms with van der Waals surface area (Å²) in [5, 5.41) is 9.26. The number of hydrogen-bond donors (Lipinski definition) is 1. The largest absolute Gasteiger partial charge is 0.444 e. The minimum absolute atomic E-state index is 0.310. The number of aliphatic hydroxyl groups is 1. The Hall–Kier alpha value is -1.61. The third-order valence-corrected chi connectivity index (χ3v) is 2.35. The van der Waals surface area contributed by atoms with Crippen LogP contribution in [-0.4, -0.2) is 16.2 Å². The van der Waals surface area contributed by atoms with Crippen molar-refractivity contribution in [1.29, 1.82) is 0 Å². The first-order chi connectivity index (χ1) is 7.65. The molecule has 3 nitrogen and oxygen atoms in total. The topological polar surface area (TPSA) is 46.3 Å². The van der Waals surface area contributed by atoms with Crippen molar-refractivity contribution in [2.24, 2.45) is 0 Å². The Morgan fingerprint density at radius 3 is 2.50 bits per heavy atom. The van der Waals surface area contributed by atoms with Crippen LogP contribution in [0.2, 0.25) is 0 Å². The molecule has 1 heterocycles. The normalized spacial score (nSPS) is 12.7. The van der Waals surface area contributed by atoms with Crippen LogP contribution >= 0.6 is 0 Å². The van der Waals surface area contributed by atoms with Crippen molar-refractivity contribution >= 4 is 0 Å². The number of hydrogen-bond acceptors (Lipinski definition) is 3. The van der Waals surface area contributed by atoms with Crippen LogP contribution in [0.1, 0.15) is 18.2 Å². The molecule has 1 N–H and O–H groups in total. The molecule has 1 aromatic heterocycles. The van der Waals surface area contributed by atoms with E-state index in [2.05, 4.69) is 4.98 Å². The fourth-order valence-electron chi connectivity index (χ4n) is 1.61. The highest BCUT2D eigenvalue weighted by atomic mass is 16.3. The Morgan fingerprint density at radius 1 is 1.31 bits per heavy atom. The Morgan fingerprint density at radius 2 is 2.00 bits per heavy atom. The third kappa shape index (κ3) is 2.49. The highest BCUT2D eigenvalue weighted by molar-refractivity contribution is 5.53. The molecule has 0 aliphatic rings. The van der Waals surface area contributed by atoms with Crippen LogP contribution in [0.5, 0.6) is 0 Å². The van der Waals surface area contributed by atoms with Gasteiger partial charge in [-0.25, -0.2) is 4.98 Å². The van der Waals surface area contributed by atoms with Crippen molar-refractivity contribution < 1.29 is 9.52 Å². The SMILES string of the molecule is Cc1coc(-c2ccc(CC(C)O)cc2)n1. The second-order valence-corrected chi connectivity index (χ2v) is 4.04. The van der Waals surface area contributed by atoms with E-state index in [1.165, 1.54) is 0 Å². The van der Waals surface area contributed by atoms with Gasteiger partial charge in [0.25, 0.3) is 0 Å². The Balaban J connectivity index is 2.19. The van der Waals surface area contributed by atoms with E-state index in [0.717, 1.165) is 16.8 Å². The van der Waals surface area contributed by atoms with E-state index >= 15 is 0 Å². The molecule has 1 aromatic carbocycles. The van der Waals surface area contributed by atoms with Gasteiger partial charge in [0.05, 0.1) is 11.8 Å². The lowest BCUT2D eigenvalue weighted by Crippen LogP contribution is -2.03. The molecule has 1 unspecified atom stereocenters. The van der Waals surface area contributed by atoms with Gasteiger partial charge in [-0.05, 0) is 38.0 Å². The van der Waals surface area contributed by atoms with E-state index in [1.807, 2.05) is 31.2 Å². The molecule has 16 heavy (non-hydrogen) atoms. The Bertz CT molecular complexity index is 457. The first-order valence-corrected chi connectivity index (χ1v) is 5.34. The molecule has 0 saturated carbocycles. The number of benzene rings is 1. The Kier molecular flexibility index (Phi) is 3.06. The Labute approximate surface area is 94.8 Å². The second-order valence-electron chi connectivity index (χ2n) is 4.04. The van der Waals surface area contributed by atoms with Crippen molar-refractivity contribution in [2.75, 3.05) is 0 Å². The fourth-order valence-corrected chi connectivity index (χ4v) is 1.61. The maximum atomic E-state index is 9.26. The summed E-state index contributed by atoms with van der Waals surface area (Å²) in [6.07, 6.45) is 2.00. The lowest BCUT2D eigenvalue weighted by molar-refractivity contribution is 0.195. The highest BCUT2D eigenvalue weighted by Gasteiger charge is 2.05. The minimum Gasteiger partial charge on any atom is -0.444 e. The molecule has 0 saturated heterocycles. The van der Waals surface area contributed by atoms with Crippen molar-refractivity contribution in [1.82, 2.24) is 4.98 Å². The smallest absolute Gasteiger partial charge is 0.226 e. The summed E-state index contributed by atoms with van der Waals surface area (Å²) in [6.45, 7) is 3.68. The molecule has 1 atom stereocenters. The zero-order chi connectivity index (χ0) is 11.5. The summed E-state index contributed by atoms with van der Waals surface area (Å²) in [4.78, 5) is 4.26. The third-order valence-electron chi connectivity index (χ3n) is 2.35. The molecule has 84 valence electrons. The van der Waals surface area contributed by atoms with Gasteiger partial charge in [-0.15, -0.1) is 0 Å². The molecular weight excluding hydrogens is 202 g/mol. The number of nitrogens with zero attached hydrogens (tertiary/aromatic N) is 1. The number of aryl methyl sites for hydroxylation is 1. The van der Waals surface area contributed by atoms with Gasteiger partial charge in [-0.3, -0.25) is 0 Å². The van der Waals surface area contributed by atoms with E-state index in [1.54, 1.807) is 13.2 Å². The monoisotopic (exact) mass is 217 g/mol. The molecular formula is C13H15NO2. The minimum atomic E-state index is -0.310. The molecule has 0 aliphatic heterocycles. The summed E-state index contributed by atoms with van der Waals surface area (Å²) in [5.41, 5.74) is 2.95. The molecule has 0 fully saturated rings. The van der Waals surface area contributed by atoms with E-state index in [0.29, 0.717) is 12.3 Å². The van der Waals surface area contributed by atoms with Gasteiger partial charge in [0, 0.05) is 5.56 Å². The number of rotatable bonds is 3. The lowest BCUT2D eigenvalue weighted by atomic mass is 10.1. The van der Waals surface area contributed by atoms with Crippen LogP contribution in [0.4, 0.5) is 0 Å². The quantitative estimate of drug-likeness (QED) is 0.859. The molecule has 2 aromatic rings. The predicted molar refractivity (Wildman–Crippen MR) is 62.1 cm³/mol.